The van der Waals surface area contributed by atoms with Crippen LogP contribution in [-0.4, -0.2) is 87.6 Å². The largest absolute Gasteiger partial charge is 0.496 e. The second-order valence-corrected chi connectivity index (χ2v) is 10.9. The van der Waals surface area contributed by atoms with E-state index in [-0.39, 0.29) is 56.8 Å². The quantitative estimate of drug-likeness (QED) is 0.495. The van der Waals surface area contributed by atoms with Gasteiger partial charge in [0.25, 0.3) is 0 Å². The summed E-state index contributed by atoms with van der Waals surface area (Å²) in [5, 5.41) is 24.4. The molecule has 2 N–H and O–H groups in total. The summed E-state index contributed by atoms with van der Waals surface area (Å²) in [7, 11) is 7.58. The topological polar surface area (TPSA) is 173 Å². The minimum atomic E-state index is -3.26. The van der Waals surface area contributed by atoms with E-state index in [2.05, 4.69) is 0 Å². The van der Waals surface area contributed by atoms with Crippen molar-refractivity contribution in [2.75, 3.05) is 42.7 Å². The number of carbonyl (C=O) groups is 4. The van der Waals surface area contributed by atoms with Gasteiger partial charge in [-0.15, -0.1) is 0 Å². The van der Waals surface area contributed by atoms with Gasteiger partial charge >= 0.3 is 0 Å². The molecular weight excluding hydrogens is 568 g/mol. The molecule has 0 bridgehead atoms. The summed E-state index contributed by atoms with van der Waals surface area (Å²) < 4.78 is 38.5. The Morgan fingerprint density at radius 3 is 0.977 bits per heavy atom. The average Bonchev–Trinajstić information content (AvgIpc) is 3.14. The first-order valence-electron chi connectivity index (χ1n) is 13.1. The predicted molar refractivity (Wildman–Crippen MR) is 146 cm³/mol. The molecule has 1 fully saturated rings. The van der Waals surface area contributed by atoms with Gasteiger partial charge in [0.1, 0.15) is 22.3 Å². The molecule has 0 saturated carbocycles. The van der Waals surface area contributed by atoms with E-state index >= 15 is 0 Å². The number of ketones is 4. The van der Waals surface area contributed by atoms with Gasteiger partial charge in [0, 0.05) is 11.1 Å². The normalized spacial score (nSPS) is 28.9. The molecule has 5 rings (SSSR count). The molecular formula is C30H32O13. The minimum Gasteiger partial charge on any atom is -0.496 e. The molecule has 0 radical (unpaired) electrons. The maximum atomic E-state index is 14.8. The molecule has 3 aliphatic rings. The first-order chi connectivity index (χ1) is 20.1. The lowest BCUT2D eigenvalue weighted by atomic mass is 9.49. The van der Waals surface area contributed by atoms with Crippen molar-refractivity contribution in [2.24, 2.45) is 10.8 Å². The van der Waals surface area contributed by atoms with Crippen LogP contribution in [0.2, 0.25) is 0 Å². The van der Waals surface area contributed by atoms with Crippen molar-refractivity contribution in [3.8, 4) is 34.5 Å². The zero-order valence-corrected chi connectivity index (χ0v) is 25.4. The van der Waals surface area contributed by atoms with Crippen LogP contribution in [0.5, 0.6) is 34.5 Å². The molecule has 0 aromatic heterocycles. The van der Waals surface area contributed by atoms with Crippen LogP contribution in [0.1, 0.15) is 66.4 Å². The number of rotatable bonds is 6. The average molecular weight is 601 g/mol. The Morgan fingerprint density at radius 2 is 0.721 bits per heavy atom. The highest BCUT2D eigenvalue weighted by atomic mass is 16.7. The molecule has 4 atom stereocenters. The fraction of sp³-hybridized carbons (Fsp3) is 0.467. The van der Waals surface area contributed by atoms with Gasteiger partial charge in [-0.3, -0.25) is 19.2 Å². The predicted octanol–water partition coefficient (Wildman–Crippen LogP) is 2.23. The monoisotopic (exact) mass is 600 g/mol. The second-order valence-electron chi connectivity index (χ2n) is 10.9. The number of ether oxygens (including phenoxy) is 7. The van der Waals surface area contributed by atoms with Crippen LogP contribution in [0, 0.1) is 24.7 Å². The van der Waals surface area contributed by atoms with Gasteiger partial charge in [-0.05, 0) is 27.7 Å². The van der Waals surface area contributed by atoms with Gasteiger partial charge in [0.15, 0.2) is 34.6 Å². The molecule has 0 amide bonds. The maximum absolute atomic E-state index is 14.8. The van der Waals surface area contributed by atoms with Gasteiger partial charge in [-0.25, -0.2) is 0 Å². The lowest BCUT2D eigenvalue weighted by Crippen LogP contribution is -2.67. The van der Waals surface area contributed by atoms with Crippen LogP contribution < -0.4 is 28.4 Å². The summed E-state index contributed by atoms with van der Waals surface area (Å²) >= 11 is 0. The Labute approximate surface area is 246 Å². The molecule has 1 aliphatic heterocycles. The molecule has 13 heteroatoms. The zero-order valence-electron chi connectivity index (χ0n) is 25.4. The molecule has 43 heavy (non-hydrogen) atoms. The van der Waals surface area contributed by atoms with Gasteiger partial charge in [-0.2, -0.15) is 0 Å². The standard InChI is InChI=1S/C30H32O13/c1-11-17(37-5)13-15(21(41-9)19(11)39-7)25(33)29(35)27(3,23(13)31)28(4)24(32)14-16(26(34)30(28,36)43-29)22(42-10)20(40-8)12(2)18(14)38-6/h35-36H,1-10H3/t27-,28-,29-,30-/m1/s1. The highest BCUT2D eigenvalue weighted by Gasteiger charge is 2.88. The van der Waals surface area contributed by atoms with Gasteiger partial charge in [-0.1, -0.05) is 0 Å². The SMILES string of the molecule is COc1c(C)c(OC)c2c(c1OC)C(=O)[C@@]1(O)O[C@]3(O)C(=O)c4c(OC)c(OC)c(C)c(OC)c4C(=O)[C@]3(C)[C@@]1(C)C2=O. The number of benzene rings is 2. The van der Waals surface area contributed by atoms with E-state index < -0.39 is 56.7 Å². The van der Waals surface area contributed by atoms with E-state index in [4.69, 9.17) is 33.2 Å². The van der Waals surface area contributed by atoms with E-state index in [1.165, 1.54) is 42.7 Å². The van der Waals surface area contributed by atoms with E-state index in [1.807, 2.05) is 0 Å². The summed E-state index contributed by atoms with van der Waals surface area (Å²) in [5.74, 6) is -11.7. The Balaban J connectivity index is 1.95. The molecule has 2 aromatic rings. The van der Waals surface area contributed by atoms with Gasteiger partial charge in [0.2, 0.25) is 23.1 Å². The van der Waals surface area contributed by atoms with E-state index in [1.54, 1.807) is 13.8 Å². The third kappa shape index (κ3) is 2.92. The van der Waals surface area contributed by atoms with Crippen molar-refractivity contribution < 1.29 is 62.5 Å². The highest BCUT2D eigenvalue weighted by Crippen LogP contribution is 2.70. The molecule has 1 heterocycles. The molecule has 0 spiro atoms. The number of aliphatic hydroxyl groups is 2. The smallest absolute Gasteiger partial charge is 0.248 e. The first-order valence-corrected chi connectivity index (χ1v) is 13.1. The van der Waals surface area contributed by atoms with E-state index in [9.17, 15) is 29.4 Å². The number of carbonyl (C=O) groups excluding carboxylic acids is 4. The number of hydrogen-bond acceptors (Lipinski definition) is 13. The second kappa shape index (κ2) is 9.15. The van der Waals surface area contributed by atoms with Crippen LogP contribution in [0.25, 0.3) is 0 Å². The first kappa shape index (κ1) is 30.3. The van der Waals surface area contributed by atoms with Crippen LogP contribution in [0.3, 0.4) is 0 Å². The van der Waals surface area contributed by atoms with Crippen molar-refractivity contribution in [3.05, 3.63) is 33.4 Å². The lowest BCUT2D eigenvalue weighted by Gasteiger charge is -2.48. The number of methoxy groups -OCH3 is 6. The number of hydrogen-bond donors (Lipinski definition) is 2. The van der Waals surface area contributed by atoms with Crippen molar-refractivity contribution in [1.29, 1.82) is 0 Å². The Hall–Kier alpha value is -4.20. The van der Waals surface area contributed by atoms with Gasteiger partial charge < -0.3 is 43.4 Å². The minimum absolute atomic E-state index is 0.0309. The molecule has 1 saturated heterocycles. The third-order valence-electron chi connectivity index (χ3n) is 9.49. The van der Waals surface area contributed by atoms with E-state index in [0.717, 1.165) is 13.8 Å². The summed E-state index contributed by atoms with van der Waals surface area (Å²) in [6, 6.07) is 0. The van der Waals surface area contributed by atoms with Crippen LogP contribution in [-0.2, 0) is 4.74 Å². The summed E-state index contributed by atoms with van der Waals surface area (Å²) in [6.07, 6.45) is 0. The fourth-order valence-corrected chi connectivity index (χ4v) is 7.10. The number of fused-ring (bicyclic) bond motifs is 5. The molecule has 2 aliphatic carbocycles. The molecule has 13 nitrogen and oxygen atoms in total. The Bertz CT molecular complexity index is 1550. The Morgan fingerprint density at radius 1 is 0.465 bits per heavy atom. The summed E-state index contributed by atoms with van der Waals surface area (Å²) in [6.45, 7) is 5.30. The van der Waals surface area contributed by atoms with Crippen molar-refractivity contribution >= 4 is 23.1 Å². The van der Waals surface area contributed by atoms with Crippen molar-refractivity contribution in [1.82, 2.24) is 0 Å². The van der Waals surface area contributed by atoms with Gasteiger partial charge in [0.05, 0.1) is 64.9 Å². The summed E-state index contributed by atoms with van der Waals surface area (Å²) in [5.41, 5.74) is -6.27. The van der Waals surface area contributed by atoms with Crippen LogP contribution >= 0.6 is 0 Å². The third-order valence-corrected chi connectivity index (χ3v) is 9.49. The lowest BCUT2D eigenvalue weighted by molar-refractivity contribution is -0.259. The van der Waals surface area contributed by atoms with Crippen molar-refractivity contribution in [3.63, 3.8) is 0 Å². The highest BCUT2D eigenvalue weighted by molar-refractivity contribution is 6.30. The molecule has 230 valence electrons. The fourth-order valence-electron chi connectivity index (χ4n) is 7.10. The number of Topliss-reactive ketones (excluding diaryl/α,β-unsaturated/α-hetero) is 4. The van der Waals surface area contributed by atoms with Crippen LogP contribution in [0.15, 0.2) is 0 Å². The van der Waals surface area contributed by atoms with E-state index in [0.29, 0.717) is 0 Å². The van der Waals surface area contributed by atoms with Crippen molar-refractivity contribution in [2.45, 2.75) is 39.3 Å². The zero-order chi connectivity index (χ0) is 32.2. The Kier molecular flexibility index (Phi) is 6.44. The van der Waals surface area contributed by atoms with Crippen LogP contribution in [0.4, 0.5) is 0 Å². The molecule has 2 aromatic carbocycles. The maximum Gasteiger partial charge on any atom is 0.248 e. The molecule has 0 unspecified atom stereocenters. The summed E-state index contributed by atoms with van der Waals surface area (Å²) in [4.78, 5) is 58.3.